The second-order valence-corrected chi connectivity index (χ2v) is 2.57. The third kappa shape index (κ3) is 4.40. The average Bonchev–Trinajstić information content (AvgIpc) is 1.83. The summed E-state index contributed by atoms with van der Waals surface area (Å²) in [6.07, 6.45) is 0. The number of thioether (sulfide) groups is 1. The minimum absolute atomic E-state index is 0.399. The number of hydrogen-bond acceptors (Lipinski definition) is 2. The highest BCUT2D eigenvalue weighted by molar-refractivity contribution is 8.13. The van der Waals surface area contributed by atoms with Gasteiger partial charge in [-0.3, -0.25) is 4.79 Å². The van der Waals surface area contributed by atoms with Crippen molar-refractivity contribution in [2.75, 3.05) is 18.3 Å². The van der Waals surface area contributed by atoms with E-state index >= 15 is 0 Å². The smallest absolute Gasteiger partial charge is 0.219 e. The van der Waals surface area contributed by atoms with E-state index in [-0.39, 0.29) is 0 Å². The first kappa shape index (κ1) is 8.24. The van der Waals surface area contributed by atoms with Crippen LogP contribution in [0, 0.1) is 0 Å². The van der Waals surface area contributed by atoms with Gasteiger partial charge in [0, 0.05) is 11.6 Å². The first-order valence-corrected chi connectivity index (χ1v) is 3.61. The predicted octanol–water partition coefficient (Wildman–Crippen LogP) is 1.45. The van der Waals surface area contributed by atoms with Crippen molar-refractivity contribution in [1.29, 1.82) is 0 Å². The summed E-state index contributed by atoms with van der Waals surface area (Å²) in [5.41, 5.74) is 0. The van der Waals surface area contributed by atoms with Crippen LogP contribution in [0.2, 0.25) is 0 Å². The van der Waals surface area contributed by atoms with Crippen LogP contribution in [-0.4, -0.2) is 23.4 Å². The Labute approximate surface area is 56.6 Å². The van der Waals surface area contributed by atoms with Gasteiger partial charge in [-0.1, -0.05) is 11.8 Å². The maximum atomic E-state index is 11.3. The third-order valence-corrected chi connectivity index (χ3v) is 1.70. The summed E-state index contributed by atoms with van der Waals surface area (Å²) < 4.78 is 11.3. The standard InChI is InChI=1S/C4H6ClFOS/c5-1-2-8-4(7)3-6/h1-3H2. The van der Waals surface area contributed by atoms with Crippen LogP contribution in [0.3, 0.4) is 0 Å². The quantitative estimate of drug-likeness (QED) is 0.576. The predicted molar refractivity (Wildman–Crippen MR) is 34.2 cm³/mol. The number of carbonyl (C=O) groups is 1. The van der Waals surface area contributed by atoms with Gasteiger partial charge in [0.1, 0.15) is 0 Å². The van der Waals surface area contributed by atoms with Crippen molar-refractivity contribution >= 4 is 28.5 Å². The van der Waals surface area contributed by atoms with E-state index in [1.54, 1.807) is 0 Å². The maximum Gasteiger partial charge on any atom is 0.219 e. The monoisotopic (exact) mass is 156 g/mol. The summed E-state index contributed by atoms with van der Waals surface area (Å²) in [7, 11) is 0. The van der Waals surface area contributed by atoms with E-state index in [0.717, 1.165) is 11.8 Å². The highest BCUT2D eigenvalue weighted by atomic mass is 35.5. The number of halogens is 2. The minimum Gasteiger partial charge on any atom is -0.284 e. The summed E-state index contributed by atoms with van der Waals surface area (Å²) in [5.74, 6) is 0.903. The molecule has 0 aromatic rings. The zero-order valence-corrected chi connectivity index (χ0v) is 5.77. The van der Waals surface area contributed by atoms with Crippen molar-refractivity contribution in [2.24, 2.45) is 0 Å². The maximum absolute atomic E-state index is 11.3. The molecule has 48 valence electrons. The van der Waals surface area contributed by atoms with E-state index in [9.17, 15) is 9.18 Å². The Hall–Kier alpha value is 0.240. The fourth-order valence-electron chi connectivity index (χ4n) is 0.191. The Kier molecular flexibility index (Phi) is 5.54. The molecule has 0 saturated heterocycles. The van der Waals surface area contributed by atoms with E-state index in [0.29, 0.717) is 11.6 Å². The van der Waals surface area contributed by atoms with Crippen LogP contribution in [0.25, 0.3) is 0 Å². The van der Waals surface area contributed by atoms with Crippen molar-refractivity contribution in [3.63, 3.8) is 0 Å². The third-order valence-electron chi connectivity index (χ3n) is 0.449. The van der Waals surface area contributed by atoms with E-state index < -0.39 is 11.8 Å². The molecule has 0 saturated carbocycles. The van der Waals surface area contributed by atoms with Crippen LogP contribution in [0.15, 0.2) is 0 Å². The molecule has 0 spiro atoms. The number of rotatable bonds is 3. The minimum atomic E-state index is -0.887. The van der Waals surface area contributed by atoms with Gasteiger partial charge < -0.3 is 0 Å². The Morgan fingerprint density at radius 3 is 2.75 bits per heavy atom. The van der Waals surface area contributed by atoms with Gasteiger partial charge >= 0.3 is 0 Å². The van der Waals surface area contributed by atoms with Gasteiger partial charge in [0.25, 0.3) is 0 Å². The van der Waals surface area contributed by atoms with E-state index in [1.165, 1.54) is 0 Å². The molecule has 0 fully saturated rings. The van der Waals surface area contributed by atoms with Gasteiger partial charge in [0.05, 0.1) is 0 Å². The molecule has 0 aromatic heterocycles. The molecule has 0 radical (unpaired) electrons. The molecule has 0 unspecified atom stereocenters. The van der Waals surface area contributed by atoms with Gasteiger partial charge in [-0.2, -0.15) is 0 Å². The van der Waals surface area contributed by atoms with Crippen LogP contribution in [0.5, 0.6) is 0 Å². The highest BCUT2D eigenvalue weighted by Crippen LogP contribution is 2.01. The van der Waals surface area contributed by atoms with Crippen molar-refractivity contribution in [3.05, 3.63) is 0 Å². The van der Waals surface area contributed by atoms with Gasteiger partial charge in [0.15, 0.2) is 6.67 Å². The SMILES string of the molecule is O=C(CF)SCCCl. The second-order valence-electron chi connectivity index (χ2n) is 1.04. The van der Waals surface area contributed by atoms with Gasteiger partial charge in [-0.15, -0.1) is 11.6 Å². The summed E-state index contributed by atoms with van der Waals surface area (Å²) >= 11 is 6.14. The summed E-state index contributed by atoms with van der Waals surface area (Å²) in [6.45, 7) is -0.887. The van der Waals surface area contributed by atoms with E-state index in [2.05, 4.69) is 0 Å². The lowest BCUT2D eigenvalue weighted by atomic mass is 10.9. The summed E-state index contributed by atoms with van der Waals surface area (Å²) in [5, 5.41) is -0.439. The zero-order chi connectivity index (χ0) is 6.41. The lowest BCUT2D eigenvalue weighted by Gasteiger charge is -1.88. The van der Waals surface area contributed by atoms with Crippen molar-refractivity contribution in [3.8, 4) is 0 Å². The fourth-order valence-corrected chi connectivity index (χ4v) is 0.804. The highest BCUT2D eigenvalue weighted by Gasteiger charge is 1.97. The normalized spacial score (nSPS) is 9.25. The molecule has 0 aliphatic rings. The first-order valence-electron chi connectivity index (χ1n) is 2.08. The topological polar surface area (TPSA) is 17.1 Å². The van der Waals surface area contributed by atoms with Gasteiger partial charge in [-0.25, -0.2) is 4.39 Å². The lowest BCUT2D eigenvalue weighted by molar-refractivity contribution is -0.111. The van der Waals surface area contributed by atoms with Crippen LogP contribution < -0.4 is 0 Å². The molecule has 0 amide bonds. The number of carbonyl (C=O) groups excluding carboxylic acids is 1. The first-order chi connectivity index (χ1) is 3.81. The molecule has 0 atom stereocenters. The van der Waals surface area contributed by atoms with Gasteiger partial charge in [-0.05, 0) is 0 Å². The molecule has 8 heavy (non-hydrogen) atoms. The van der Waals surface area contributed by atoms with E-state index in [1.807, 2.05) is 0 Å². The molecule has 0 aliphatic carbocycles. The van der Waals surface area contributed by atoms with Crippen LogP contribution in [0.4, 0.5) is 4.39 Å². The Balaban J connectivity index is 2.99. The molecular formula is C4H6ClFOS. The second kappa shape index (κ2) is 5.38. The fraction of sp³-hybridized carbons (Fsp3) is 0.750. The molecule has 0 heterocycles. The molecule has 0 aromatic carbocycles. The summed E-state index contributed by atoms with van der Waals surface area (Å²) in [6, 6.07) is 0. The Bertz CT molecular complexity index is 78.4. The van der Waals surface area contributed by atoms with E-state index in [4.69, 9.17) is 11.6 Å². The van der Waals surface area contributed by atoms with Gasteiger partial charge in [0.2, 0.25) is 5.12 Å². The largest absolute Gasteiger partial charge is 0.284 e. The molecule has 4 heteroatoms. The number of hydrogen-bond donors (Lipinski definition) is 0. The number of alkyl halides is 2. The van der Waals surface area contributed by atoms with Crippen molar-refractivity contribution < 1.29 is 9.18 Å². The molecule has 0 aliphatic heterocycles. The Morgan fingerprint density at radius 2 is 2.38 bits per heavy atom. The van der Waals surface area contributed by atoms with Crippen LogP contribution in [-0.2, 0) is 4.79 Å². The molecule has 0 rings (SSSR count). The average molecular weight is 157 g/mol. The molecular weight excluding hydrogens is 151 g/mol. The molecule has 0 N–H and O–H groups in total. The lowest BCUT2D eigenvalue weighted by Crippen LogP contribution is -1.94. The van der Waals surface area contributed by atoms with Crippen molar-refractivity contribution in [1.82, 2.24) is 0 Å². The van der Waals surface area contributed by atoms with Crippen molar-refractivity contribution in [2.45, 2.75) is 0 Å². The Morgan fingerprint density at radius 1 is 1.75 bits per heavy atom. The van der Waals surface area contributed by atoms with Crippen LogP contribution >= 0.6 is 23.4 Å². The summed E-state index contributed by atoms with van der Waals surface area (Å²) in [4.78, 5) is 10.1. The van der Waals surface area contributed by atoms with Crippen LogP contribution in [0.1, 0.15) is 0 Å². The zero-order valence-electron chi connectivity index (χ0n) is 4.19. The molecule has 1 nitrogen and oxygen atoms in total. The molecule has 0 bridgehead atoms.